The molecule has 1 unspecified atom stereocenters. The van der Waals surface area contributed by atoms with Crippen LogP contribution >= 0.6 is 34.2 Å². The summed E-state index contributed by atoms with van der Waals surface area (Å²) in [6.07, 6.45) is 0. The number of hydrogen-bond donors (Lipinski definition) is 1. The lowest BCUT2D eigenvalue weighted by atomic mass is 9.90. The number of nitrogens with one attached hydrogen (secondary N) is 1. The topological polar surface area (TPSA) is 44.7 Å². The van der Waals surface area contributed by atoms with Crippen LogP contribution in [0, 0.1) is 3.57 Å². The summed E-state index contributed by atoms with van der Waals surface area (Å²) in [5, 5.41) is 3.55. The van der Waals surface area contributed by atoms with E-state index in [0.29, 0.717) is 5.02 Å². The minimum Gasteiger partial charge on any atom is -0.325 e. The van der Waals surface area contributed by atoms with Crippen molar-refractivity contribution in [2.75, 3.05) is 19.4 Å². The molecule has 1 N–H and O–H groups in total. The molecule has 4 nitrogen and oxygen atoms in total. The molecule has 6 heteroatoms. The number of carbonyl (C=O) groups is 1. The number of amides is 1. The van der Waals surface area contributed by atoms with Crippen molar-refractivity contribution in [3.8, 4) is 0 Å². The van der Waals surface area contributed by atoms with Crippen molar-refractivity contribution in [1.29, 1.82) is 0 Å². The molecule has 1 heterocycles. The Balaban J connectivity index is 1.80. The van der Waals surface area contributed by atoms with Crippen LogP contribution in [-0.2, 0) is 11.3 Å². The highest BCUT2D eigenvalue weighted by atomic mass is 127. The number of fused-ring (bicyclic) bond motifs is 1. The third kappa shape index (κ3) is 4.58. The molecule has 0 fully saturated rings. The predicted octanol–water partition coefficient (Wildman–Crippen LogP) is 5.86. The van der Waals surface area contributed by atoms with Crippen LogP contribution in [-0.4, -0.2) is 30.6 Å². The molecule has 0 bridgehead atoms. The first-order valence-corrected chi connectivity index (χ1v) is 11.0. The van der Waals surface area contributed by atoms with Crippen LogP contribution in [0.4, 0.5) is 11.4 Å². The Morgan fingerprint density at radius 2 is 1.87 bits per heavy atom. The Morgan fingerprint density at radius 1 is 1.10 bits per heavy atom. The maximum atomic E-state index is 13.0. The van der Waals surface area contributed by atoms with Gasteiger partial charge in [0.25, 0.3) is 0 Å². The Labute approximate surface area is 195 Å². The zero-order valence-electron chi connectivity index (χ0n) is 16.7. The van der Waals surface area contributed by atoms with E-state index in [1.54, 1.807) is 6.07 Å². The van der Waals surface area contributed by atoms with Crippen molar-refractivity contribution in [3.63, 3.8) is 0 Å². The molecule has 0 spiro atoms. The largest absolute Gasteiger partial charge is 0.325 e. The summed E-state index contributed by atoms with van der Waals surface area (Å²) in [5.74, 6) is -0.578. The Bertz CT molecular complexity index is 1130. The number of nitrogens with zero attached hydrogens (tertiary/aromatic N) is 2. The molecule has 4 rings (SSSR count). The van der Waals surface area contributed by atoms with Crippen molar-refractivity contribution in [3.05, 3.63) is 92.0 Å². The van der Waals surface area contributed by atoms with Gasteiger partial charge in [0.05, 0.1) is 11.4 Å². The maximum Gasteiger partial charge on any atom is 0.238 e. The minimum absolute atomic E-state index is 0.0888. The van der Waals surface area contributed by atoms with Crippen LogP contribution in [0.1, 0.15) is 22.6 Å². The monoisotopic (exact) mass is 529 g/mol. The highest BCUT2D eigenvalue weighted by Crippen LogP contribution is 2.37. The zero-order valence-corrected chi connectivity index (χ0v) is 19.6. The second kappa shape index (κ2) is 8.88. The van der Waals surface area contributed by atoms with Crippen molar-refractivity contribution in [2.45, 2.75) is 12.5 Å². The van der Waals surface area contributed by atoms with Gasteiger partial charge in [0.1, 0.15) is 5.92 Å². The summed E-state index contributed by atoms with van der Waals surface area (Å²) in [6.45, 7) is 0.868. The second-order valence-corrected chi connectivity index (χ2v) is 9.25. The normalized spacial score (nSPS) is 16.0. The molecule has 3 aromatic rings. The van der Waals surface area contributed by atoms with E-state index in [9.17, 15) is 4.79 Å². The van der Waals surface area contributed by atoms with Gasteiger partial charge < -0.3 is 10.2 Å². The molecule has 0 radical (unpaired) electrons. The van der Waals surface area contributed by atoms with E-state index in [-0.39, 0.29) is 5.91 Å². The van der Waals surface area contributed by atoms with E-state index < -0.39 is 5.92 Å². The average Bonchev–Trinajstić information content (AvgIpc) is 3.01. The SMILES string of the molecule is CN(C)Cc1ccc(N=C(c2cccc(I)c2)C2C(=O)Nc3cc(Cl)ccc32)cc1. The quantitative estimate of drug-likeness (QED) is 0.332. The lowest BCUT2D eigenvalue weighted by Crippen LogP contribution is -2.22. The third-order valence-electron chi connectivity index (χ3n) is 4.92. The van der Waals surface area contributed by atoms with Crippen LogP contribution in [0.3, 0.4) is 0 Å². The van der Waals surface area contributed by atoms with Crippen LogP contribution in [0.5, 0.6) is 0 Å². The first-order chi connectivity index (χ1) is 14.4. The van der Waals surface area contributed by atoms with Crippen LogP contribution in [0.2, 0.25) is 5.02 Å². The molecular weight excluding hydrogens is 509 g/mol. The van der Waals surface area contributed by atoms with Crippen LogP contribution in [0.25, 0.3) is 0 Å². The fraction of sp³-hybridized carbons (Fsp3) is 0.167. The number of hydrogen-bond acceptors (Lipinski definition) is 3. The first-order valence-electron chi connectivity index (χ1n) is 9.59. The molecule has 1 aliphatic heterocycles. The smallest absolute Gasteiger partial charge is 0.238 e. The maximum absolute atomic E-state index is 13.0. The second-order valence-electron chi connectivity index (χ2n) is 7.57. The van der Waals surface area contributed by atoms with Gasteiger partial charge in [-0.3, -0.25) is 9.79 Å². The molecule has 1 amide bonds. The Hall–Kier alpha value is -2.22. The van der Waals surface area contributed by atoms with Gasteiger partial charge in [-0.25, -0.2) is 0 Å². The highest BCUT2D eigenvalue weighted by Gasteiger charge is 2.35. The van der Waals surface area contributed by atoms with Crippen molar-refractivity contribution in [1.82, 2.24) is 4.90 Å². The molecule has 152 valence electrons. The molecule has 0 saturated heterocycles. The average molecular weight is 530 g/mol. The number of rotatable bonds is 5. The zero-order chi connectivity index (χ0) is 21.3. The Kier molecular flexibility index (Phi) is 6.22. The Morgan fingerprint density at radius 3 is 2.57 bits per heavy atom. The molecule has 1 aliphatic rings. The fourth-order valence-corrected chi connectivity index (χ4v) is 4.34. The number of anilines is 1. The van der Waals surface area contributed by atoms with Crippen molar-refractivity contribution in [2.24, 2.45) is 4.99 Å². The molecule has 3 aromatic carbocycles. The number of benzene rings is 3. The minimum atomic E-state index is -0.489. The van der Waals surface area contributed by atoms with Gasteiger partial charge in [0.2, 0.25) is 5.91 Å². The van der Waals surface area contributed by atoms with Crippen molar-refractivity contribution >= 4 is 57.2 Å². The summed E-state index contributed by atoms with van der Waals surface area (Å²) in [5.41, 5.74) is 5.34. The van der Waals surface area contributed by atoms with Gasteiger partial charge in [0.15, 0.2) is 0 Å². The van der Waals surface area contributed by atoms with E-state index in [4.69, 9.17) is 16.6 Å². The standard InChI is InChI=1S/C24H21ClIN3O/c1-29(2)14-15-6-9-19(10-7-15)27-23(16-4-3-5-18(26)12-16)22-20-11-8-17(25)13-21(20)28-24(22)30/h3-13,22H,14H2,1-2H3,(H,28,30). The van der Waals surface area contributed by atoms with E-state index in [0.717, 1.165) is 38.3 Å². The molecule has 1 atom stereocenters. The summed E-state index contributed by atoms with van der Waals surface area (Å²) in [6, 6.07) is 21.7. The molecule has 0 aromatic heterocycles. The van der Waals surface area contributed by atoms with Gasteiger partial charge in [0, 0.05) is 20.8 Å². The number of halogens is 2. The molecule has 0 saturated carbocycles. The highest BCUT2D eigenvalue weighted by molar-refractivity contribution is 14.1. The lowest BCUT2D eigenvalue weighted by molar-refractivity contribution is -0.115. The van der Waals surface area contributed by atoms with Gasteiger partial charge in [-0.1, -0.05) is 41.9 Å². The van der Waals surface area contributed by atoms with Gasteiger partial charge in [-0.2, -0.15) is 0 Å². The lowest BCUT2D eigenvalue weighted by Gasteiger charge is -2.15. The molecule has 0 aliphatic carbocycles. The van der Waals surface area contributed by atoms with Crippen LogP contribution < -0.4 is 5.32 Å². The fourth-order valence-electron chi connectivity index (χ4n) is 3.63. The number of carbonyl (C=O) groups excluding carboxylic acids is 1. The molecular formula is C24H21ClIN3O. The van der Waals surface area contributed by atoms with E-state index >= 15 is 0 Å². The summed E-state index contributed by atoms with van der Waals surface area (Å²) in [4.78, 5) is 20.0. The summed E-state index contributed by atoms with van der Waals surface area (Å²) >= 11 is 8.41. The summed E-state index contributed by atoms with van der Waals surface area (Å²) in [7, 11) is 4.09. The van der Waals surface area contributed by atoms with Crippen LogP contribution in [0.15, 0.2) is 71.7 Å². The van der Waals surface area contributed by atoms with Gasteiger partial charge in [-0.15, -0.1) is 0 Å². The van der Waals surface area contributed by atoms with E-state index in [2.05, 4.69) is 51.0 Å². The number of aliphatic imine (C=N–C) groups is 1. The van der Waals surface area contributed by atoms with Gasteiger partial charge >= 0.3 is 0 Å². The van der Waals surface area contributed by atoms with Gasteiger partial charge in [-0.05, 0) is 89.8 Å². The van der Waals surface area contributed by atoms with E-state index in [1.165, 1.54) is 5.56 Å². The predicted molar refractivity (Wildman–Crippen MR) is 132 cm³/mol. The summed E-state index contributed by atoms with van der Waals surface area (Å²) < 4.78 is 1.09. The van der Waals surface area contributed by atoms with E-state index in [1.807, 2.05) is 56.6 Å². The molecule has 30 heavy (non-hydrogen) atoms. The van der Waals surface area contributed by atoms with Crippen molar-refractivity contribution < 1.29 is 4.79 Å². The first kappa shape index (κ1) is 21.0. The third-order valence-corrected chi connectivity index (χ3v) is 5.83.